The third kappa shape index (κ3) is 3.20. The second kappa shape index (κ2) is 6.56. The molecule has 9 heteroatoms. The second-order valence-electron chi connectivity index (χ2n) is 4.98. The number of fused-ring (bicyclic) bond motifs is 1. The number of alkyl halides is 2. The molecule has 130 valence electrons. The van der Waals surface area contributed by atoms with Gasteiger partial charge in [0.25, 0.3) is 0 Å². The molecule has 1 heterocycles. The monoisotopic (exact) mass is 368 g/mol. The maximum absolute atomic E-state index is 12.4. The minimum absolute atomic E-state index is 0.0899. The van der Waals surface area contributed by atoms with Gasteiger partial charge in [-0.1, -0.05) is 17.7 Å². The van der Waals surface area contributed by atoms with E-state index in [0.717, 1.165) is 0 Å². The molecule has 0 unspecified atom stereocenters. The van der Waals surface area contributed by atoms with Crippen molar-refractivity contribution in [2.75, 3.05) is 7.11 Å². The summed E-state index contributed by atoms with van der Waals surface area (Å²) in [6, 6.07) is 8.47. The molecular weight excluding hydrogens is 358 g/mol. The molecule has 0 atom stereocenters. The molecule has 1 N–H and O–H groups in total. The van der Waals surface area contributed by atoms with Gasteiger partial charge in [0, 0.05) is 6.07 Å². The summed E-state index contributed by atoms with van der Waals surface area (Å²) in [5.41, 5.74) is 0.588. The number of rotatable bonds is 4. The average Bonchev–Trinajstić information content (AvgIpc) is 2.87. The van der Waals surface area contributed by atoms with Crippen molar-refractivity contribution in [2.24, 2.45) is 0 Å². The van der Waals surface area contributed by atoms with Crippen molar-refractivity contribution in [3.8, 4) is 11.4 Å². The Labute approximate surface area is 144 Å². The van der Waals surface area contributed by atoms with E-state index in [4.69, 9.17) is 11.6 Å². The molecule has 2 aromatic carbocycles. The lowest BCUT2D eigenvalue weighted by Crippen LogP contribution is -2.14. The summed E-state index contributed by atoms with van der Waals surface area (Å²) in [6.45, 7) is -2.98. The quantitative estimate of drug-likeness (QED) is 0.717. The van der Waals surface area contributed by atoms with Crippen LogP contribution in [0.25, 0.3) is 16.7 Å². The molecule has 0 saturated carbocycles. The Morgan fingerprint density at radius 1 is 1.28 bits per heavy atom. The van der Waals surface area contributed by atoms with Gasteiger partial charge in [-0.25, -0.2) is 9.59 Å². The van der Waals surface area contributed by atoms with Gasteiger partial charge in [-0.05, 0) is 24.3 Å². The molecule has 6 nitrogen and oxygen atoms in total. The summed E-state index contributed by atoms with van der Waals surface area (Å²) in [4.78, 5) is 26.6. The summed E-state index contributed by atoms with van der Waals surface area (Å²) < 4.78 is 35.0. The third-order valence-electron chi connectivity index (χ3n) is 3.48. The van der Waals surface area contributed by atoms with Gasteiger partial charge in [0.1, 0.15) is 5.75 Å². The molecule has 3 rings (SSSR count). The third-order valence-corrected chi connectivity index (χ3v) is 3.79. The maximum atomic E-state index is 12.4. The van der Waals surface area contributed by atoms with E-state index < -0.39 is 18.3 Å². The van der Waals surface area contributed by atoms with Crippen molar-refractivity contribution in [1.29, 1.82) is 0 Å². The van der Waals surface area contributed by atoms with Gasteiger partial charge in [-0.15, -0.1) is 0 Å². The van der Waals surface area contributed by atoms with Crippen LogP contribution >= 0.6 is 11.6 Å². The van der Waals surface area contributed by atoms with E-state index in [1.165, 1.54) is 42.0 Å². The minimum Gasteiger partial charge on any atom is -0.465 e. The number of benzene rings is 2. The van der Waals surface area contributed by atoms with Gasteiger partial charge in [-0.3, -0.25) is 4.57 Å². The maximum Gasteiger partial charge on any atom is 0.387 e. The fourth-order valence-electron chi connectivity index (χ4n) is 2.45. The minimum atomic E-state index is -2.98. The van der Waals surface area contributed by atoms with E-state index in [1.807, 2.05) is 0 Å². The highest BCUT2D eigenvalue weighted by molar-refractivity contribution is 6.34. The second-order valence-corrected chi connectivity index (χ2v) is 5.39. The first-order chi connectivity index (χ1) is 11.9. The van der Waals surface area contributed by atoms with Crippen LogP contribution in [0.3, 0.4) is 0 Å². The summed E-state index contributed by atoms with van der Waals surface area (Å²) in [7, 11) is 1.21. The highest BCUT2D eigenvalue weighted by atomic mass is 35.5. The van der Waals surface area contributed by atoms with Crippen LogP contribution in [0.15, 0.2) is 41.2 Å². The highest BCUT2D eigenvalue weighted by Gasteiger charge is 2.17. The highest BCUT2D eigenvalue weighted by Crippen LogP contribution is 2.26. The summed E-state index contributed by atoms with van der Waals surface area (Å²) in [6.07, 6.45) is 0. The zero-order valence-corrected chi connectivity index (χ0v) is 13.5. The molecule has 0 radical (unpaired) electrons. The number of imidazole rings is 1. The predicted molar refractivity (Wildman–Crippen MR) is 86.9 cm³/mol. The first-order valence-corrected chi connectivity index (χ1v) is 7.36. The van der Waals surface area contributed by atoms with Crippen LogP contribution in [0.4, 0.5) is 8.78 Å². The van der Waals surface area contributed by atoms with Gasteiger partial charge >= 0.3 is 18.3 Å². The van der Waals surface area contributed by atoms with E-state index in [9.17, 15) is 18.4 Å². The molecule has 0 aliphatic carbocycles. The van der Waals surface area contributed by atoms with E-state index in [0.29, 0.717) is 16.7 Å². The SMILES string of the molecule is COC(=O)c1cc2[nH]c(=O)n(-c3cccc(OC(F)F)c3)c2cc1Cl. The molecule has 1 aromatic heterocycles. The zero-order valence-electron chi connectivity index (χ0n) is 12.8. The number of hydrogen-bond donors (Lipinski definition) is 1. The van der Waals surface area contributed by atoms with Crippen LogP contribution < -0.4 is 10.4 Å². The number of hydrogen-bond acceptors (Lipinski definition) is 4. The number of carbonyl (C=O) groups excluding carboxylic acids is 1. The Morgan fingerprint density at radius 3 is 2.72 bits per heavy atom. The number of nitrogens with one attached hydrogen (secondary N) is 1. The Balaban J connectivity index is 2.17. The van der Waals surface area contributed by atoms with Gasteiger partial charge in [0.2, 0.25) is 0 Å². The van der Waals surface area contributed by atoms with Crippen LogP contribution in [0, 0.1) is 0 Å². The van der Waals surface area contributed by atoms with Gasteiger partial charge in [0.05, 0.1) is 34.4 Å². The average molecular weight is 369 g/mol. The molecule has 0 amide bonds. The Morgan fingerprint density at radius 2 is 2.04 bits per heavy atom. The number of aromatic nitrogens is 2. The molecule has 0 aliphatic heterocycles. The molecule has 0 spiro atoms. The molecular formula is C16H11ClF2N2O4. The summed E-state index contributed by atoms with van der Waals surface area (Å²) in [5, 5.41) is 0.0899. The smallest absolute Gasteiger partial charge is 0.387 e. The fourth-order valence-corrected chi connectivity index (χ4v) is 2.68. The molecule has 0 fully saturated rings. The van der Waals surface area contributed by atoms with Crippen LogP contribution in [0.2, 0.25) is 5.02 Å². The molecule has 3 aromatic rings. The van der Waals surface area contributed by atoms with Crippen molar-refractivity contribution in [2.45, 2.75) is 6.61 Å². The van der Waals surface area contributed by atoms with Gasteiger partial charge in [0.15, 0.2) is 0 Å². The molecule has 0 saturated heterocycles. The summed E-state index contributed by atoms with van der Waals surface area (Å²) in [5.74, 6) is -0.737. The number of methoxy groups -OCH3 is 1. The Hall–Kier alpha value is -2.87. The topological polar surface area (TPSA) is 73.3 Å². The van der Waals surface area contributed by atoms with Crippen LogP contribution in [0.5, 0.6) is 5.75 Å². The molecule has 0 aliphatic rings. The largest absolute Gasteiger partial charge is 0.465 e. The van der Waals surface area contributed by atoms with Gasteiger partial charge in [-0.2, -0.15) is 8.78 Å². The number of esters is 1. The van der Waals surface area contributed by atoms with E-state index in [-0.39, 0.29) is 16.3 Å². The number of aromatic amines is 1. The van der Waals surface area contributed by atoms with E-state index in [1.54, 1.807) is 6.07 Å². The lowest BCUT2D eigenvalue weighted by Gasteiger charge is -2.08. The van der Waals surface area contributed by atoms with Crippen molar-refractivity contribution in [3.05, 3.63) is 57.5 Å². The zero-order chi connectivity index (χ0) is 18.1. The number of ether oxygens (including phenoxy) is 2. The first kappa shape index (κ1) is 17.0. The van der Waals surface area contributed by atoms with Crippen molar-refractivity contribution in [1.82, 2.24) is 9.55 Å². The summed E-state index contributed by atoms with van der Waals surface area (Å²) >= 11 is 6.09. The number of nitrogens with zero attached hydrogens (tertiary/aromatic N) is 1. The van der Waals surface area contributed by atoms with Crippen molar-refractivity contribution >= 4 is 28.6 Å². The molecule has 0 bridgehead atoms. The molecule has 25 heavy (non-hydrogen) atoms. The van der Waals surface area contributed by atoms with Crippen LogP contribution in [-0.2, 0) is 4.74 Å². The standard InChI is InChI=1S/C16H11ClF2N2O4/c1-24-14(22)10-6-12-13(7-11(10)17)21(16(23)20-12)8-3-2-4-9(5-8)25-15(18)19/h2-7,15H,1H3,(H,20,23). The van der Waals surface area contributed by atoms with Gasteiger partial charge < -0.3 is 14.5 Å². The normalized spacial score (nSPS) is 11.1. The van der Waals surface area contributed by atoms with E-state index >= 15 is 0 Å². The van der Waals surface area contributed by atoms with Crippen molar-refractivity contribution < 1.29 is 23.0 Å². The van der Waals surface area contributed by atoms with Crippen LogP contribution in [0.1, 0.15) is 10.4 Å². The Bertz CT molecular complexity index is 1010. The lowest BCUT2D eigenvalue weighted by atomic mass is 10.2. The number of carbonyl (C=O) groups is 1. The lowest BCUT2D eigenvalue weighted by molar-refractivity contribution is -0.0498. The number of H-pyrrole nitrogens is 1. The van der Waals surface area contributed by atoms with E-state index in [2.05, 4.69) is 14.5 Å². The Kier molecular flexibility index (Phi) is 4.45. The van der Waals surface area contributed by atoms with Crippen LogP contribution in [-0.4, -0.2) is 29.2 Å². The predicted octanol–water partition coefficient (Wildman–Crippen LogP) is 3.36. The fraction of sp³-hybridized carbons (Fsp3) is 0.125. The first-order valence-electron chi connectivity index (χ1n) is 6.98. The number of halogens is 3. The van der Waals surface area contributed by atoms with Crippen molar-refractivity contribution in [3.63, 3.8) is 0 Å².